The number of ether oxygens (including phenoxy) is 1. The molecule has 0 amide bonds. The average molecular weight is 461 g/mol. The molecule has 6 nitrogen and oxygen atoms in total. The second kappa shape index (κ2) is 7.94. The van der Waals surface area contributed by atoms with Crippen molar-refractivity contribution in [3.63, 3.8) is 0 Å². The first-order valence-electron chi connectivity index (χ1n) is 9.63. The Bertz CT molecular complexity index is 1430. The van der Waals surface area contributed by atoms with Crippen LogP contribution >= 0.6 is 11.5 Å². The van der Waals surface area contributed by atoms with E-state index in [1.54, 1.807) is 12.1 Å². The molecule has 0 bridgehead atoms. The summed E-state index contributed by atoms with van der Waals surface area (Å²) in [7, 11) is 0.984. The summed E-state index contributed by atoms with van der Waals surface area (Å²) in [4.78, 5) is 25.1. The lowest BCUT2D eigenvalue weighted by Gasteiger charge is -2.14. The lowest BCUT2D eigenvalue weighted by Crippen LogP contribution is -2.40. The van der Waals surface area contributed by atoms with Gasteiger partial charge in [0.2, 0.25) is 0 Å². The topological polar surface area (TPSA) is 66.1 Å². The van der Waals surface area contributed by atoms with E-state index >= 15 is 0 Å². The first kappa shape index (κ1) is 21.8. The smallest absolute Gasteiger partial charge is 0.431 e. The maximum atomic E-state index is 13.1. The Morgan fingerprint density at radius 2 is 1.81 bits per heavy atom. The lowest BCUT2D eigenvalue weighted by atomic mass is 10.1. The van der Waals surface area contributed by atoms with Crippen molar-refractivity contribution in [3.8, 4) is 22.7 Å². The third-order valence-corrected chi connectivity index (χ3v) is 5.63. The summed E-state index contributed by atoms with van der Waals surface area (Å²) in [6.45, 7) is 3.83. The molecule has 0 saturated heterocycles. The van der Waals surface area contributed by atoms with E-state index in [4.69, 9.17) is 4.74 Å². The zero-order chi connectivity index (χ0) is 23.2. The number of aromatic nitrogens is 3. The Balaban J connectivity index is 1.87. The van der Waals surface area contributed by atoms with Gasteiger partial charge >= 0.3 is 11.9 Å². The number of nitrogens with zero attached hydrogens (tertiary/aromatic N) is 3. The van der Waals surface area contributed by atoms with Crippen LogP contribution in [0.15, 0.2) is 58.1 Å². The Labute approximate surface area is 184 Å². The van der Waals surface area contributed by atoms with E-state index in [0.717, 1.165) is 17.3 Å². The Morgan fingerprint density at radius 1 is 1.06 bits per heavy atom. The van der Waals surface area contributed by atoms with E-state index in [9.17, 15) is 22.8 Å². The third-order valence-electron chi connectivity index (χ3n) is 4.80. The van der Waals surface area contributed by atoms with Crippen LogP contribution in [0.25, 0.3) is 27.0 Å². The van der Waals surface area contributed by atoms with Gasteiger partial charge in [0.15, 0.2) is 0 Å². The first-order valence-corrected chi connectivity index (χ1v) is 10.4. The SMILES string of the molecule is CC(C)Oc1cccc(-c2nsc3ccc(-n4c(=O)cc(C(F)(F)F)n(C)c4=O)cc23)c1. The molecule has 2 aromatic heterocycles. The normalized spacial score (nSPS) is 12.0. The van der Waals surface area contributed by atoms with E-state index in [2.05, 4.69) is 4.37 Å². The minimum absolute atomic E-state index is 0.00760. The maximum absolute atomic E-state index is 13.1. The molecule has 0 atom stereocenters. The fraction of sp³-hybridized carbons (Fsp3) is 0.227. The van der Waals surface area contributed by atoms with Crippen LogP contribution in [0.4, 0.5) is 13.2 Å². The van der Waals surface area contributed by atoms with Gasteiger partial charge < -0.3 is 4.74 Å². The summed E-state index contributed by atoms with van der Waals surface area (Å²) in [5.41, 5.74) is -1.88. The van der Waals surface area contributed by atoms with E-state index in [1.807, 2.05) is 38.1 Å². The number of benzene rings is 2. The van der Waals surface area contributed by atoms with Gasteiger partial charge in [-0.3, -0.25) is 9.36 Å². The number of hydrogen-bond donors (Lipinski definition) is 0. The van der Waals surface area contributed by atoms with Crippen molar-refractivity contribution in [3.05, 3.63) is 75.1 Å². The Hall–Kier alpha value is -3.40. The predicted molar refractivity (Wildman–Crippen MR) is 117 cm³/mol. The van der Waals surface area contributed by atoms with Crippen LogP contribution in [-0.4, -0.2) is 19.6 Å². The largest absolute Gasteiger partial charge is 0.491 e. The number of rotatable bonds is 4. The molecule has 0 aliphatic carbocycles. The van der Waals surface area contributed by atoms with Crippen LogP contribution in [0.1, 0.15) is 19.5 Å². The molecule has 0 spiro atoms. The average Bonchev–Trinajstić information content (AvgIpc) is 3.13. The molecule has 2 aromatic carbocycles. The molecule has 0 aliphatic heterocycles. The van der Waals surface area contributed by atoms with Gasteiger partial charge in [-0.2, -0.15) is 17.5 Å². The van der Waals surface area contributed by atoms with Crippen LogP contribution < -0.4 is 16.0 Å². The van der Waals surface area contributed by atoms with Crippen molar-refractivity contribution in [1.29, 1.82) is 0 Å². The van der Waals surface area contributed by atoms with E-state index in [1.165, 1.54) is 17.6 Å². The molecule has 0 radical (unpaired) electrons. The predicted octanol–water partition coefficient (Wildman–Crippen LogP) is 4.62. The van der Waals surface area contributed by atoms with Crippen LogP contribution in [0.2, 0.25) is 0 Å². The van der Waals surface area contributed by atoms with Crippen molar-refractivity contribution in [2.75, 3.05) is 0 Å². The zero-order valence-electron chi connectivity index (χ0n) is 17.3. The summed E-state index contributed by atoms with van der Waals surface area (Å²) in [6.07, 6.45) is -4.82. The van der Waals surface area contributed by atoms with Gasteiger partial charge in [0.1, 0.15) is 11.4 Å². The quantitative estimate of drug-likeness (QED) is 0.445. The molecule has 4 aromatic rings. The second-order valence-corrected chi connectivity index (χ2v) is 8.25. The van der Waals surface area contributed by atoms with Crippen LogP contribution in [-0.2, 0) is 13.2 Å². The van der Waals surface area contributed by atoms with Gasteiger partial charge in [0.05, 0.1) is 22.2 Å². The number of alkyl halides is 3. The summed E-state index contributed by atoms with van der Waals surface area (Å²) >= 11 is 1.24. The number of halogens is 3. The highest BCUT2D eigenvalue weighted by Crippen LogP contribution is 2.34. The molecule has 32 heavy (non-hydrogen) atoms. The summed E-state index contributed by atoms with van der Waals surface area (Å²) < 4.78 is 51.6. The van der Waals surface area contributed by atoms with Gasteiger partial charge in [-0.25, -0.2) is 9.36 Å². The lowest BCUT2D eigenvalue weighted by molar-refractivity contribution is -0.144. The number of hydrogen-bond acceptors (Lipinski definition) is 5. The van der Waals surface area contributed by atoms with Crippen LogP contribution in [0.5, 0.6) is 5.75 Å². The standard InChI is InChI=1S/C22H18F3N3O3S/c1-12(2)31-15-6-4-5-13(9-15)20-16-10-14(7-8-17(16)32-26-20)28-19(29)11-18(22(23,24)25)27(3)21(28)30/h4-12H,1-3H3. The zero-order valence-corrected chi connectivity index (χ0v) is 18.1. The molecule has 0 aliphatic rings. The van der Waals surface area contributed by atoms with Crippen molar-refractivity contribution >= 4 is 21.6 Å². The molecule has 0 saturated carbocycles. The molecular weight excluding hydrogens is 443 g/mol. The highest BCUT2D eigenvalue weighted by atomic mass is 32.1. The van der Waals surface area contributed by atoms with Crippen molar-refractivity contribution in [1.82, 2.24) is 13.5 Å². The van der Waals surface area contributed by atoms with Crippen molar-refractivity contribution in [2.24, 2.45) is 7.05 Å². The Morgan fingerprint density at radius 3 is 2.50 bits per heavy atom. The van der Waals surface area contributed by atoms with Gasteiger partial charge in [-0.05, 0) is 55.7 Å². The van der Waals surface area contributed by atoms with Crippen molar-refractivity contribution < 1.29 is 17.9 Å². The Kier molecular flexibility index (Phi) is 5.41. The third kappa shape index (κ3) is 3.93. The molecule has 166 valence electrons. The molecular formula is C22H18F3N3O3S. The van der Waals surface area contributed by atoms with E-state index < -0.39 is 23.1 Å². The maximum Gasteiger partial charge on any atom is 0.431 e. The monoisotopic (exact) mass is 461 g/mol. The summed E-state index contributed by atoms with van der Waals surface area (Å²) in [5, 5.41) is 0.669. The highest BCUT2D eigenvalue weighted by molar-refractivity contribution is 7.13. The van der Waals surface area contributed by atoms with Crippen LogP contribution in [0, 0.1) is 0 Å². The van der Waals surface area contributed by atoms with Gasteiger partial charge in [0, 0.05) is 24.1 Å². The summed E-state index contributed by atoms with van der Waals surface area (Å²) in [6, 6.07) is 12.6. The first-order chi connectivity index (χ1) is 15.1. The van der Waals surface area contributed by atoms with Crippen LogP contribution in [0.3, 0.4) is 0 Å². The molecule has 0 N–H and O–H groups in total. The minimum atomic E-state index is -4.82. The number of fused-ring (bicyclic) bond motifs is 1. The second-order valence-electron chi connectivity index (χ2n) is 7.45. The fourth-order valence-electron chi connectivity index (χ4n) is 3.40. The van der Waals surface area contributed by atoms with Gasteiger partial charge in [-0.1, -0.05) is 12.1 Å². The van der Waals surface area contributed by atoms with Crippen molar-refractivity contribution in [2.45, 2.75) is 26.1 Å². The molecule has 4 rings (SSSR count). The highest BCUT2D eigenvalue weighted by Gasteiger charge is 2.35. The fourth-order valence-corrected chi connectivity index (χ4v) is 4.17. The van der Waals surface area contributed by atoms with Gasteiger partial charge in [0.25, 0.3) is 5.56 Å². The molecule has 0 unspecified atom stereocenters. The molecule has 0 fully saturated rings. The molecule has 2 heterocycles. The van der Waals surface area contributed by atoms with Gasteiger partial charge in [-0.15, -0.1) is 0 Å². The van der Waals surface area contributed by atoms with E-state index in [-0.39, 0.29) is 11.8 Å². The van der Waals surface area contributed by atoms with E-state index in [0.29, 0.717) is 32.0 Å². The molecule has 10 heteroatoms. The summed E-state index contributed by atoms with van der Waals surface area (Å²) in [5.74, 6) is 0.669. The minimum Gasteiger partial charge on any atom is -0.491 e.